The van der Waals surface area contributed by atoms with Crippen LogP contribution in [0, 0.1) is 29.6 Å². The Balaban J connectivity index is 2.65. The molecule has 0 aliphatic rings. The van der Waals surface area contributed by atoms with Crippen molar-refractivity contribution in [1.82, 2.24) is 0 Å². The van der Waals surface area contributed by atoms with Crippen molar-refractivity contribution in [3.63, 3.8) is 0 Å². The third kappa shape index (κ3) is 1.87. The summed E-state index contributed by atoms with van der Waals surface area (Å²) in [6.07, 6.45) is 0. The van der Waals surface area contributed by atoms with Gasteiger partial charge in [-0.05, 0) is 29.5 Å². The van der Waals surface area contributed by atoms with Crippen molar-refractivity contribution in [1.29, 1.82) is 10.5 Å². The average molecular weight is 239 g/mol. The molecule has 0 saturated carbocycles. The van der Waals surface area contributed by atoms with Gasteiger partial charge in [0.25, 0.3) is 0 Å². The molecule has 0 unspecified atom stereocenters. The largest absolute Gasteiger partial charge is 0.397 e. The van der Waals surface area contributed by atoms with Crippen LogP contribution in [0.2, 0.25) is 0 Å². The molecule has 3 nitrogen and oxygen atoms in total. The monoisotopic (exact) mass is 239 g/mol. The maximum atomic E-state index is 9.16. The molecule has 0 spiro atoms. The lowest BCUT2D eigenvalue weighted by Gasteiger charge is -2.07. The van der Waals surface area contributed by atoms with Gasteiger partial charge in [-0.15, -0.1) is 11.3 Å². The van der Waals surface area contributed by atoms with Crippen LogP contribution in [0.1, 0.15) is 16.0 Å². The standard InChI is InChI=1S/C13H9N3S/c1-8-2-3-11(12(6-15)13(8)16)9-4-10(5-14)17-7-9/h2-4,7H,16H2,1H3. The first-order valence-corrected chi connectivity index (χ1v) is 5.83. The number of benzene rings is 1. The first-order chi connectivity index (χ1) is 8.17. The molecular formula is C13H9N3S. The van der Waals surface area contributed by atoms with E-state index >= 15 is 0 Å². The summed E-state index contributed by atoms with van der Waals surface area (Å²) in [5.41, 5.74) is 9.42. The molecule has 1 aromatic heterocycles. The molecular weight excluding hydrogens is 230 g/mol. The third-order valence-corrected chi connectivity index (χ3v) is 3.43. The maximum absolute atomic E-state index is 9.16. The molecule has 0 aliphatic heterocycles. The summed E-state index contributed by atoms with van der Waals surface area (Å²) in [4.78, 5) is 0.628. The quantitative estimate of drug-likeness (QED) is 0.777. The van der Waals surface area contributed by atoms with E-state index in [4.69, 9.17) is 16.3 Å². The van der Waals surface area contributed by atoms with Gasteiger partial charge in [-0.1, -0.05) is 12.1 Å². The van der Waals surface area contributed by atoms with Crippen molar-refractivity contribution in [2.75, 3.05) is 5.73 Å². The van der Waals surface area contributed by atoms with E-state index in [-0.39, 0.29) is 0 Å². The van der Waals surface area contributed by atoms with E-state index in [9.17, 15) is 0 Å². The van der Waals surface area contributed by atoms with Gasteiger partial charge in [-0.25, -0.2) is 0 Å². The van der Waals surface area contributed by atoms with E-state index < -0.39 is 0 Å². The lowest BCUT2D eigenvalue weighted by Crippen LogP contribution is -1.96. The zero-order valence-corrected chi connectivity index (χ0v) is 10.0. The average Bonchev–Trinajstić information content (AvgIpc) is 2.81. The molecule has 0 aliphatic carbocycles. The maximum Gasteiger partial charge on any atom is 0.110 e. The summed E-state index contributed by atoms with van der Waals surface area (Å²) in [5.74, 6) is 0. The number of nitrogen functional groups attached to an aromatic ring is 1. The van der Waals surface area contributed by atoms with E-state index in [1.54, 1.807) is 6.07 Å². The van der Waals surface area contributed by atoms with Gasteiger partial charge in [-0.2, -0.15) is 10.5 Å². The first kappa shape index (κ1) is 11.2. The second kappa shape index (κ2) is 4.29. The zero-order valence-electron chi connectivity index (χ0n) is 9.19. The normalized spacial score (nSPS) is 9.59. The lowest BCUT2D eigenvalue weighted by molar-refractivity contribution is 1.42. The van der Waals surface area contributed by atoms with Gasteiger partial charge in [0.2, 0.25) is 0 Å². The van der Waals surface area contributed by atoms with Crippen LogP contribution >= 0.6 is 11.3 Å². The molecule has 17 heavy (non-hydrogen) atoms. The minimum atomic E-state index is 0.479. The van der Waals surface area contributed by atoms with Crippen LogP contribution in [0.5, 0.6) is 0 Å². The molecule has 2 N–H and O–H groups in total. The molecule has 1 aromatic carbocycles. The Morgan fingerprint density at radius 2 is 2.00 bits per heavy atom. The molecule has 82 valence electrons. The highest BCUT2D eigenvalue weighted by Crippen LogP contribution is 2.32. The number of anilines is 1. The Hall–Kier alpha value is -2.30. The summed E-state index contributed by atoms with van der Waals surface area (Å²) in [6, 6.07) is 9.74. The van der Waals surface area contributed by atoms with E-state index in [0.717, 1.165) is 16.7 Å². The van der Waals surface area contributed by atoms with Crippen LogP contribution < -0.4 is 5.73 Å². The first-order valence-electron chi connectivity index (χ1n) is 4.95. The number of nitriles is 2. The summed E-state index contributed by atoms with van der Waals surface area (Å²) < 4.78 is 0. The fraction of sp³-hybridized carbons (Fsp3) is 0.0769. The Bertz CT molecular complexity index is 656. The number of thiophene rings is 1. The Labute approximate surface area is 103 Å². The molecule has 2 rings (SSSR count). The number of aryl methyl sites for hydroxylation is 1. The summed E-state index contributed by atoms with van der Waals surface area (Å²) in [5, 5.41) is 19.8. The van der Waals surface area contributed by atoms with Crippen molar-refractivity contribution in [3.05, 3.63) is 39.6 Å². The third-order valence-electron chi connectivity index (χ3n) is 2.60. The molecule has 4 heteroatoms. The van der Waals surface area contributed by atoms with Gasteiger partial charge < -0.3 is 5.73 Å². The van der Waals surface area contributed by atoms with Gasteiger partial charge in [0, 0.05) is 5.56 Å². The zero-order chi connectivity index (χ0) is 12.4. The fourth-order valence-corrected chi connectivity index (χ4v) is 2.32. The molecule has 0 bridgehead atoms. The summed E-state index contributed by atoms with van der Waals surface area (Å²) in [7, 11) is 0. The van der Waals surface area contributed by atoms with Crippen molar-refractivity contribution in [3.8, 4) is 23.3 Å². The van der Waals surface area contributed by atoms with Crippen LogP contribution in [-0.4, -0.2) is 0 Å². The predicted octanol–water partition coefficient (Wildman–Crippen LogP) is 3.05. The van der Waals surface area contributed by atoms with Crippen LogP contribution in [0.15, 0.2) is 23.6 Å². The molecule has 0 saturated heterocycles. The van der Waals surface area contributed by atoms with E-state index in [1.165, 1.54) is 11.3 Å². The Morgan fingerprint density at radius 3 is 2.59 bits per heavy atom. The van der Waals surface area contributed by atoms with E-state index in [2.05, 4.69) is 12.1 Å². The van der Waals surface area contributed by atoms with Crippen molar-refractivity contribution in [2.24, 2.45) is 0 Å². The van der Waals surface area contributed by atoms with Gasteiger partial charge in [0.05, 0.1) is 11.3 Å². The minimum Gasteiger partial charge on any atom is -0.397 e. The van der Waals surface area contributed by atoms with Gasteiger partial charge in [0.15, 0.2) is 0 Å². The summed E-state index contributed by atoms with van der Waals surface area (Å²) >= 11 is 1.36. The van der Waals surface area contributed by atoms with Crippen LogP contribution in [0.3, 0.4) is 0 Å². The molecule has 2 aromatic rings. The van der Waals surface area contributed by atoms with Crippen LogP contribution in [0.25, 0.3) is 11.1 Å². The Morgan fingerprint density at radius 1 is 1.24 bits per heavy atom. The number of rotatable bonds is 1. The smallest absolute Gasteiger partial charge is 0.110 e. The Kier molecular flexibility index (Phi) is 2.82. The highest BCUT2D eigenvalue weighted by molar-refractivity contribution is 7.10. The highest BCUT2D eigenvalue weighted by atomic mass is 32.1. The highest BCUT2D eigenvalue weighted by Gasteiger charge is 2.11. The van der Waals surface area contributed by atoms with Crippen molar-refractivity contribution < 1.29 is 0 Å². The van der Waals surface area contributed by atoms with Gasteiger partial charge >= 0.3 is 0 Å². The predicted molar refractivity (Wildman–Crippen MR) is 68.3 cm³/mol. The van der Waals surface area contributed by atoms with E-state index in [0.29, 0.717) is 16.1 Å². The SMILES string of the molecule is Cc1ccc(-c2csc(C#N)c2)c(C#N)c1N. The second-order valence-corrected chi connectivity index (χ2v) is 4.55. The number of hydrogen-bond donors (Lipinski definition) is 1. The van der Waals surface area contributed by atoms with Gasteiger partial charge in [0.1, 0.15) is 17.0 Å². The van der Waals surface area contributed by atoms with Crippen molar-refractivity contribution >= 4 is 17.0 Å². The molecule has 0 atom stereocenters. The lowest BCUT2D eigenvalue weighted by atomic mass is 9.98. The topological polar surface area (TPSA) is 73.6 Å². The molecule has 0 fully saturated rings. The van der Waals surface area contributed by atoms with Crippen molar-refractivity contribution in [2.45, 2.75) is 6.92 Å². The molecule has 0 radical (unpaired) electrons. The van der Waals surface area contributed by atoms with Crippen LogP contribution in [0.4, 0.5) is 5.69 Å². The van der Waals surface area contributed by atoms with Crippen LogP contribution in [-0.2, 0) is 0 Å². The second-order valence-electron chi connectivity index (χ2n) is 3.64. The van der Waals surface area contributed by atoms with E-state index in [1.807, 2.05) is 24.4 Å². The number of nitrogens with zero attached hydrogens (tertiary/aromatic N) is 2. The number of hydrogen-bond acceptors (Lipinski definition) is 4. The minimum absolute atomic E-state index is 0.479. The van der Waals surface area contributed by atoms with Gasteiger partial charge in [-0.3, -0.25) is 0 Å². The summed E-state index contributed by atoms with van der Waals surface area (Å²) in [6.45, 7) is 1.87. The molecule has 1 heterocycles. The number of nitrogens with two attached hydrogens (primary N) is 1. The molecule has 0 amide bonds. The fourth-order valence-electron chi connectivity index (χ4n) is 1.62.